The van der Waals surface area contributed by atoms with Crippen LogP contribution in [-0.2, 0) is 9.59 Å². The van der Waals surface area contributed by atoms with Gasteiger partial charge < -0.3 is 4.42 Å². The minimum absolute atomic E-state index is 0.124. The molecule has 9 nitrogen and oxygen atoms in total. The number of halogens is 1. The number of nitro groups is 1. The number of urea groups is 1. The predicted molar refractivity (Wildman–Crippen MR) is 111 cm³/mol. The lowest BCUT2D eigenvalue weighted by molar-refractivity contribution is -0.384. The van der Waals surface area contributed by atoms with Crippen molar-refractivity contribution in [3.05, 3.63) is 87.1 Å². The largest absolute Gasteiger partial charge is 0.457 e. The summed E-state index contributed by atoms with van der Waals surface area (Å²) in [4.78, 5) is 48.6. The Morgan fingerprint density at radius 3 is 2.48 bits per heavy atom. The number of barbiturate groups is 1. The molecule has 1 aromatic heterocycles. The topological polar surface area (TPSA) is 123 Å². The van der Waals surface area contributed by atoms with E-state index in [1.165, 1.54) is 36.4 Å². The molecule has 1 aliphatic rings. The number of amides is 4. The van der Waals surface area contributed by atoms with E-state index >= 15 is 0 Å². The lowest BCUT2D eigenvalue weighted by Crippen LogP contribution is -2.54. The number of furan rings is 1. The van der Waals surface area contributed by atoms with Crippen molar-refractivity contribution in [3.8, 4) is 11.3 Å². The van der Waals surface area contributed by atoms with Crippen LogP contribution in [0.4, 0.5) is 16.2 Å². The van der Waals surface area contributed by atoms with Crippen LogP contribution < -0.4 is 10.2 Å². The normalized spacial score (nSPS) is 15.3. The Balaban J connectivity index is 1.69. The van der Waals surface area contributed by atoms with Gasteiger partial charge in [0, 0.05) is 17.7 Å². The van der Waals surface area contributed by atoms with Crippen LogP contribution in [0.1, 0.15) is 5.76 Å². The summed E-state index contributed by atoms with van der Waals surface area (Å²) in [6.07, 6.45) is 1.19. The summed E-state index contributed by atoms with van der Waals surface area (Å²) in [6.45, 7) is 0. The van der Waals surface area contributed by atoms with Crippen LogP contribution >= 0.6 is 11.6 Å². The number of nitrogens with one attached hydrogen (secondary N) is 1. The number of non-ortho nitro benzene ring substituents is 1. The molecule has 0 unspecified atom stereocenters. The smallest absolute Gasteiger partial charge is 0.335 e. The minimum atomic E-state index is -0.867. The Labute approximate surface area is 179 Å². The molecular formula is C21H12ClN3O6. The summed E-state index contributed by atoms with van der Waals surface area (Å²) in [7, 11) is 0. The van der Waals surface area contributed by atoms with Crippen LogP contribution in [0.5, 0.6) is 0 Å². The number of benzene rings is 2. The first-order valence-electron chi connectivity index (χ1n) is 8.86. The third-order valence-corrected chi connectivity index (χ3v) is 4.79. The molecule has 2 aromatic carbocycles. The Kier molecular flexibility index (Phi) is 5.10. The number of hydrogen-bond acceptors (Lipinski definition) is 6. The highest BCUT2D eigenvalue weighted by atomic mass is 35.5. The summed E-state index contributed by atoms with van der Waals surface area (Å²) >= 11 is 6.13. The van der Waals surface area contributed by atoms with Gasteiger partial charge in [-0.25, -0.2) is 9.69 Å². The van der Waals surface area contributed by atoms with E-state index in [2.05, 4.69) is 5.32 Å². The number of nitro benzene ring substituents is 1. The number of carbonyl (C=O) groups is 3. The monoisotopic (exact) mass is 437 g/mol. The van der Waals surface area contributed by atoms with Gasteiger partial charge in [0.05, 0.1) is 15.6 Å². The first kappa shape index (κ1) is 20.0. The van der Waals surface area contributed by atoms with Crippen molar-refractivity contribution in [1.29, 1.82) is 0 Å². The van der Waals surface area contributed by atoms with Gasteiger partial charge in [0.15, 0.2) is 0 Å². The van der Waals surface area contributed by atoms with Crippen molar-refractivity contribution in [1.82, 2.24) is 5.32 Å². The highest BCUT2D eigenvalue weighted by Gasteiger charge is 2.37. The Morgan fingerprint density at radius 1 is 1.03 bits per heavy atom. The zero-order valence-electron chi connectivity index (χ0n) is 15.6. The highest BCUT2D eigenvalue weighted by molar-refractivity contribution is 6.39. The molecule has 0 radical (unpaired) electrons. The van der Waals surface area contributed by atoms with E-state index in [9.17, 15) is 24.5 Å². The molecule has 31 heavy (non-hydrogen) atoms. The van der Waals surface area contributed by atoms with Gasteiger partial charge in [-0.2, -0.15) is 0 Å². The molecule has 0 atom stereocenters. The summed E-state index contributed by atoms with van der Waals surface area (Å²) in [5, 5.41) is 13.4. The van der Waals surface area contributed by atoms with Crippen LogP contribution in [-0.4, -0.2) is 22.8 Å². The zero-order valence-corrected chi connectivity index (χ0v) is 16.3. The summed E-state index contributed by atoms with van der Waals surface area (Å²) in [6, 6.07) is 14.1. The molecule has 1 aliphatic heterocycles. The molecule has 10 heteroatoms. The number of para-hydroxylation sites is 1. The number of hydrogen-bond donors (Lipinski definition) is 1. The van der Waals surface area contributed by atoms with Crippen LogP contribution in [0.25, 0.3) is 17.4 Å². The SMILES string of the molecule is O=C1NC(=O)N(c2ccccc2)C(=O)/C1=C\c1ccc(-c2cc([N+](=O)[O-])ccc2Cl)o1. The second kappa shape index (κ2) is 7.88. The Hall–Kier alpha value is -4.24. The van der Waals surface area contributed by atoms with Crippen molar-refractivity contribution in [2.75, 3.05) is 4.90 Å². The summed E-state index contributed by atoms with van der Waals surface area (Å²) < 4.78 is 5.63. The molecule has 0 bridgehead atoms. The first-order valence-corrected chi connectivity index (χ1v) is 9.23. The maximum absolute atomic E-state index is 12.8. The lowest BCUT2D eigenvalue weighted by Gasteiger charge is -2.26. The van der Waals surface area contributed by atoms with Gasteiger partial charge in [0.25, 0.3) is 17.5 Å². The first-order chi connectivity index (χ1) is 14.8. The van der Waals surface area contributed by atoms with Gasteiger partial charge in [0.1, 0.15) is 17.1 Å². The molecular weight excluding hydrogens is 426 g/mol. The Bertz CT molecular complexity index is 1270. The average molecular weight is 438 g/mol. The van der Waals surface area contributed by atoms with Crippen molar-refractivity contribution >= 4 is 46.9 Å². The quantitative estimate of drug-likeness (QED) is 0.283. The molecule has 4 amide bonds. The van der Waals surface area contributed by atoms with Gasteiger partial charge in [-0.3, -0.25) is 25.0 Å². The zero-order chi connectivity index (χ0) is 22.1. The summed E-state index contributed by atoms with van der Waals surface area (Å²) in [5.41, 5.74) is 0.0944. The van der Waals surface area contributed by atoms with Crippen LogP contribution in [0.3, 0.4) is 0 Å². The fraction of sp³-hybridized carbons (Fsp3) is 0. The number of nitrogens with zero attached hydrogens (tertiary/aromatic N) is 2. The molecule has 2 heterocycles. The molecule has 4 rings (SSSR count). The van der Waals surface area contributed by atoms with Crippen LogP contribution in [0.2, 0.25) is 5.02 Å². The van der Waals surface area contributed by atoms with Gasteiger partial charge in [-0.1, -0.05) is 29.8 Å². The molecule has 1 saturated heterocycles. The Morgan fingerprint density at radius 2 is 1.77 bits per heavy atom. The van der Waals surface area contributed by atoms with E-state index in [0.717, 1.165) is 4.90 Å². The predicted octanol–water partition coefficient (Wildman–Crippen LogP) is 4.17. The second-order valence-electron chi connectivity index (χ2n) is 6.42. The molecule has 0 spiro atoms. The van der Waals surface area contributed by atoms with Gasteiger partial charge >= 0.3 is 6.03 Å². The standard InChI is InChI=1S/C21H12ClN3O6/c22-17-8-6-13(25(29)30)10-15(17)18-9-7-14(31-18)11-16-19(26)23-21(28)24(20(16)27)12-4-2-1-3-5-12/h1-11H,(H,23,26,28)/b16-11-. The van der Waals surface area contributed by atoms with Gasteiger partial charge in [-0.15, -0.1) is 0 Å². The van der Waals surface area contributed by atoms with Crippen LogP contribution in [0.15, 0.2) is 70.7 Å². The number of imide groups is 2. The molecule has 1 fully saturated rings. The van der Waals surface area contributed by atoms with Crippen molar-refractivity contribution in [3.63, 3.8) is 0 Å². The van der Waals surface area contributed by atoms with E-state index in [1.807, 2.05) is 0 Å². The molecule has 0 aliphatic carbocycles. The average Bonchev–Trinajstić information content (AvgIpc) is 3.20. The molecule has 1 N–H and O–H groups in total. The molecule has 3 aromatic rings. The fourth-order valence-electron chi connectivity index (χ4n) is 3.00. The van der Waals surface area contributed by atoms with E-state index in [-0.39, 0.29) is 33.4 Å². The highest BCUT2D eigenvalue weighted by Crippen LogP contribution is 2.33. The lowest BCUT2D eigenvalue weighted by atomic mass is 10.1. The number of anilines is 1. The maximum Gasteiger partial charge on any atom is 0.335 e. The third-order valence-electron chi connectivity index (χ3n) is 4.46. The van der Waals surface area contributed by atoms with Crippen molar-refractivity contribution < 1.29 is 23.7 Å². The van der Waals surface area contributed by atoms with E-state index in [4.69, 9.17) is 16.0 Å². The third kappa shape index (κ3) is 3.81. The summed E-state index contributed by atoms with van der Waals surface area (Å²) in [5.74, 6) is -1.35. The van der Waals surface area contributed by atoms with Crippen molar-refractivity contribution in [2.24, 2.45) is 0 Å². The number of carbonyl (C=O) groups excluding carboxylic acids is 3. The van der Waals surface area contributed by atoms with Gasteiger partial charge in [-0.05, 0) is 36.4 Å². The van der Waals surface area contributed by atoms with Crippen LogP contribution in [0, 0.1) is 10.1 Å². The molecule has 154 valence electrons. The fourth-order valence-corrected chi connectivity index (χ4v) is 3.21. The van der Waals surface area contributed by atoms with Gasteiger partial charge in [0.2, 0.25) is 0 Å². The number of rotatable bonds is 4. The van der Waals surface area contributed by atoms with Crippen molar-refractivity contribution in [2.45, 2.75) is 0 Å². The minimum Gasteiger partial charge on any atom is -0.457 e. The molecule has 0 saturated carbocycles. The maximum atomic E-state index is 12.8. The van der Waals surface area contributed by atoms with E-state index in [0.29, 0.717) is 5.69 Å². The second-order valence-corrected chi connectivity index (χ2v) is 6.82. The van der Waals surface area contributed by atoms with E-state index in [1.54, 1.807) is 30.3 Å². The van der Waals surface area contributed by atoms with E-state index < -0.39 is 22.8 Å².